The molecule has 0 heterocycles. The number of carbonyl (C=O) groups excluding carboxylic acids is 1. The highest BCUT2D eigenvalue weighted by atomic mass is 19.1. The number of aryl methyl sites for hydroxylation is 1. The number of hydrogen-bond acceptors (Lipinski definition) is 2. The average molecular weight is 264 g/mol. The lowest BCUT2D eigenvalue weighted by molar-refractivity contribution is 0.0140. The maximum atomic E-state index is 13.2. The molecular weight excluding hydrogens is 243 g/mol. The Bertz CT molecular complexity index is 456. The SMILES string of the molecule is CCC1CCCC(OC(=O)c2ccc(F)c(C)c2)C1. The van der Waals surface area contributed by atoms with Gasteiger partial charge in [0, 0.05) is 0 Å². The third-order valence-corrected chi connectivity index (χ3v) is 3.98. The van der Waals surface area contributed by atoms with E-state index in [2.05, 4.69) is 6.92 Å². The van der Waals surface area contributed by atoms with Crippen molar-refractivity contribution in [2.45, 2.75) is 52.1 Å². The topological polar surface area (TPSA) is 26.3 Å². The van der Waals surface area contributed by atoms with Gasteiger partial charge in [-0.1, -0.05) is 19.8 Å². The first-order valence-corrected chi connectivity index (χ1v) is 7.07. The zero-order chi connectivity index (χ0) is 13.8. The van der Waals surface area contributed by atoms with Gasteiger partial charge in [-0.3, -0.25) is 0 Å². The lowest BCUT2D eigenvalue weighted by atomic mass is 9.85. The summed E-state index contributed by atoms with van der Waals surface area (Å²) in [5.41, 5.74) is 0.919. The van der Waals surface area contributed by atoms with E-state index in [1.807, 2.05) is 0 Å². The van der Waals surface area contributed by atoms with Crippen LogP contribution in [-0.4, -0.2) is 12.1 Å². The number of benzene rings is 1. The Morgan fingerprint density at radius 2 is 2.21 bits per heavy atom. The summed E-state index contributed by atoms with van der Waals surface area (Å²) in [6.45, 7) is 3.83. The maximum Gasteiger partial charge on any atom is 0.338 e. The lowest BCUT2D eigenvalue weighted by Crippen LogP contribution is -2.25. The summed E-state index contributed by atoms with van der Waals surface area (Å²) in [7, 11) is 0. The van der Waals surface area contributed by atoms with Crippen LogP contribution in [0.5, 0.6) is 0 Å². The molecule has 0 radical (unpaired) electrons. The molecule has 3 heteroatoms. The number of halogens is 1. The van der Waals surface area contributed by atoms with Crippen LogP contribution < -0.4 is 0 Å². The Morgan fingerprint density at radius 3 is 2.89 bits per heavy atom. The molecule has 1 fully saturated rings. The van der Waals surface area contributed by atoms with Crippen molar-refractivity contribution in [2.24, 2.45) is 5.92 Å². The zero-order valence-electron chi connectivity index (χ0n) is 11.6. The van der Waals surface area contributed by atoms with Crippen molar-refractivity contribution in [3.63, 3.8) is 0 Å². The first-order chi connectivity index (χ1) is 9.10. The number of hydrogen-bond donors (Lipinski definition) is 0. The maximum absolute atomic E-state index is 13.2. The smallest absolute Gasteiger partial charge is 0.338 e. The van der Waals surface area contributed by atoms with Crippen molar-refractivity contribution in [2.75, 3.05) is 0 Å². The monoisotopic (exact) mass is 264 g/mol. The van der Waals surface area contributed by atoms with E-state index in [9.17, 15) is 9.18 Å². The summed E-state index contributed by atoms with van der Waals surface area (Å²) >= 11 is 0. The first-order valence-electron chi connectivity index (χ1n) is 7.07. The standard InChI is InChI=1S/C16H21FO2/c1-3-12-5-4-6-14(10-12)19-16(18)13-7-8-15(17)11(2)9-13/h7-9,12,14H,3-6,10H2,1-2H3. The van der Waals surface area contributed by atoms with Crippen LogP contribution in [0.2, 0.25) is 0 Å². The second-order valence-electron chi connectivity index (χ2n) is 5.43. The van der Waals surface area contributed by atoms with Crippen LogP contribution in [-0.2, 0) is 4.74 Å². The molecule has 2 rings (SSSR count). The molecule has 19 heavy (non-hydrogen) atoms. The second-order valence-corrected chi connectivity index (χ2v) is 5.43. The Morgan fingerprint density at radius 1 is 1.42 bits per heavy atom. The molecule has 2 unspecified atom stereocenters. The Kier molecular flexibility index (Phi) is 4.56. The van der Waals surface area contributed by atoms with E-state index in [1.165, 1.54) is 18.6 Å². The third-order valence-electron chi connectivity index (χ3n) is 3.98. The van der Waals surface area contributed by atoms with Gasteiger partial charge in [-0.25, -0.2) is 9.18 Å². The van der Waals surface area contributed by atoms with Gasteiger partial charge in [0.2, 0.25) is 0 Å². The van der Waals surface area contributed by atoms with E-state index < -0.39 is 0 Å². The summed E-state index contributed by atoms with van der Waals surface area (Å²) in [5, 5.41) is 0. The highest BCUT2D eigenvalue weighted by Crippen LogP contribution is 2.29. The van der Waals surface area contributed by atoms with Gasteiger partial charge < -0.3 is 4.74 Å². The van der Waals surface area contributed by atoms with Gasteiger partial charge in [-0.2, -0.15) is 0 Å². The number of rotatable bonds is 3. The van der Waals surface area contributed by atoms with Crippen LogP contribution in [0.1, 0.15) is 54.9 Å². The molecule has 1 aliphatic rings. The van der Waals surface area contributed by atoms with Crippen LogP contribution in [0, 0.1) is 18.7 Å². The first kappa shape index (κ1) is 14.0. The van der Waals surface area contributed by atoms with Crippen LogP contribution in [0.25, 0.3) is 0 Å². The molecule has 0 aliphatic heterocycles. The minimum absolute atomic E-state index is 0.0246. The number of ether oxygens (including phenoxy) is 1. The molecular formula is C16H21FO2. The summed E-state index contributed by atoms with van der Waals surface area (Å²) in [6, 6.07) is 4.37. The van der Waals surface area contributed by atoms with E-state index in [4.69, 9.17) is 4.74 Å². The predicted molar refractivity (Wildman–Crippen MR) is 72.6 cm³/mol. The predicted octanol–water partition coefficient (Wildman–Crippen LogP) is 4.26. The number of esters is 1. The minimum atomic E-state index is -0.329. The van der Waals surface area contributed by atoms with Crippen molar-refractivity contribution < 1.29 is 13.9 Å². The minimum Gasteiger partial charge on any atom is -0.459 e. The fourth-order valence-corrected chi connectivity index (χ4v) is 2.71. The van der Waals surface area contributed by atoms with Gasteiger partial charge >= 0.3 is 5.97 Å². The molecule has 1 aromatic carbocycles. The van der Waals surface area contributed by atoms with Crippen LogP contribution in [0.15, 0.2) is 18.2 Å². The summed E-state index contributed by atoms with van der Waals surface area (Å²) in [4.78, 5) is 12.0. The highest BCUT2D eigenvalue weighted by Gasteiger charge is 2.24. The molecule has 104 valence electrons. The summed E-state index contributed by atoms with van der Waals surface area (Å²) < 4.78 is 18.7. The Hall–Kier alpha value is -1.38. The molecule has 0 aromatic heterocycles. The van der Waals surface area contributed by atoms with E-state index >= 15 is 0 Å². The third kappa shape index (κ3) is 3.55. The second kappa shape index (κ2) is 6.18. The van der Waals surface area contributed by atoms with E-state index in [1.54, 1.807) is 13.0 Å². The van der Waals surface area contributed by atoms with Gasteiger partial charge in [-0.15, -0.1) is 0 Å². The average Bonchev–Trinajstić information content (AvgIpc) is 2.42. The molecule has 2 nitrogen and oxygen atoms in total. The molecule has 1 saturated carbocycles. The van der Waals surface area contributed by atoms with Gasteiger partial charge in [0.15, 0.2) is 0 Å². The molecule has 2 atom stereocenters. The van der Waals surface area contributed by atoms with Gasteiger partial charge in [0.1, 0.15) is 11.9 Å². The van der Waals surface area contributed by atoms with Crippen molar-refractivity contribution in [1.29, 1.82) is 0 Å². The fourth-order valence-electron chi connectivity index (χ4n) is 2.71. The fraction of sp³-hybridized carbons (Fsp3) is 0.562. The zero-order valence-corrected chi connectivity index (χ0v) is 11.6. The van der Waals surface area contributed by atoms with Gasteiger partial charge in [0.05, 0.1) is 5.56 Å². The summed E-state index contributed by atoms with van der Waals surface area (Å²) in [6.07, 6.45) is 5.43. The molecule has 0 spiro atoms. The quantitative estimate of drug-likeness (QED) is 0.762. The van der Waals surface area contributed by atoms with Gasteiger partial charge in [0.25, 0.3) is 0 Å². The number of carbonyl (C=O) groups is 1. The van der Waals surface area contributed by atoms with Gasteiger partial charge in [-0.05, 0) is 55.9 Å². The Balaban J connectivity index is 1.98. The van der Waals surface area contributed by atoms with Crippen molar-refractivity contribution in [1.82, 2.24) is 0 Å². The lowest BCUT2D eigenvalue weighted by Gasteiger charge is -2.28. The molecule has 0 N–H and O–H groups in total. The molecule has 1 aromatic rings. The van der Waals surface area contributed by atoms with Crippen molar-refractivity contribution in [3.05, 3.63) is 35.1 Å². The van der Waals surface area contributed by atoms with E-state index in [-0.39, 0.29) is 17.9 Å². The molecule has 0 amide bonds. The van der Waals surface area contributed by atoms with Crippen LogP contribution in [0.4, 0.5) is 4.39 Å². The Labute approximate surface area is 114 Å². The normalized spacial score (nSPS) is 23.1. The molecule has 0 bridgehead atoms. The van der Waals surface area contributed by atoms with Crippen LogP contribution in [0.3, 0.4) is 0 Å². The largest absolute Gasteiger partial charge is 0.459 e. The molecule has 0 saturated heterocycles. The highest BCUT2D eigenvalue weighted by molar-refractivity contribution is 5.89. The van der Waals surface area contributed by atoms with Crippen molar-refractivity contribution in [3.8, 4) is 0 Å². The van der Waals surface area contributed by atoms with Crippen molar-refractivity contribution >= 4 is 5.97 Å². The van der Waals surface area contributed by atoms with E-state index in [0.29, 0.717) is 17.0 Å². The summed E-state index contributed by atoms with van der Waals surface area (Å²) in [5.74, 6) is 0.0478. The van der Waals surface area contributed by atoms with Crippen LogP contribution >= 0.6 is 0 Å². The van der Waals surface area contributed by atoms with E-state index in [0.717, 1.165) is 25.7 Å². The molecule has 1 aliphatic carbocycles.